The fourth-order valence-corrected chi connectivity index (χ4v) is 8.48. The summed E-state index contributed by atoms with van der Waals surface area (Å²) in [6.07, 6.45) is 2.65. The normalized spacial score (nSPS) is 14.6. The van der Waals surface area contributed by atoms with Gasteiger partial charge in [-0.3, -0.25) is 0 Å². The van der Waals surface area contributed by atoms with Crippen molar-refractivity contribution in [3.05, 3.63) is 12.3 Å². The van der Waals surface area contributed by atoms with Gasteiger partial charge in [0.25, 0.3) is 0 Å². The van der Waals surface area contributed by atoms with E-state index < -0.39 is 17.2 Å². The lowest BCUT2D eigenvalue weighted by atomic mass is 10.3. The maximum atomic E-state index is 3.95. The highest BCUT2D eigenvalue weighted by Gasteiger charge is 2.26. The minimum Gasteiger partial charge on any atom is -0.345 e. The highest BCUT2D eigenvalue weighted by atomic mass is 28.4. The standard InChI is InChI=1S/C10H25NSi2/c1-7-9-10-11(12(3)8-2)13(4,5)6/h8,12H,2,7,9-10H2,1,3-6H3. The van der Waals surface area contributed by atoms with Crippen molar-refractivity contribution in [1.82, 2.24) is 4.23 Å². The zero-order chi connectivity index (χ0) is 10.5. The van der Waals surface area contributed by atoms with Crippen LogP contribution in [0.1, 0.15) is 19.8 Å². The summed E-state index contributed by atoms with van der Waals surface area (Å²) in [5.74, 6) is 0. The van der Waals surface area contributed by atoms with E-state index in [9.17, 15) is 0 Å². The minimum absolute atomic E-state index is 0.794. The Morgan fingerprint density at radius 3 is 2.23 bits per heavy atom. The van der Waals surface area contributed by atoms with E-state index >= 15 is 0 Å². The van der Waals surface area contributed by atoms with Crippen molar-refractivity contribution in [3.8, 4) is 0 Å². The smallest absolute Gasteiger partial charge is 0.126 e. The largest absolute Gasteiger partial charge is 0.345 e. The maximum Gasteiger partial charge on any atom is 0.126 e. The van der Waals surface area contributed by atoms with Gasteiger partial charge in [-0.2, -0.15) is 0 Å². The molecule has 0 aromatic heterocycles. The van der Waals surface area contributed by atoms with Gasteiger partial charge in [-0.1, -0.05) is 45.2 Å². The Hall–Kier alpha value is 0.134. The second-order valence-electron chi connectivity index (χ2n) is 4.69. The molecule has 0 radical (unpaired) electrons. The van der Waals surface area contributed by atoms with Crippen LogP contribution in [0.25, 0.3) is 0 Å². The summed E-state index contributed by atoms with van der Waals surface area (Å²) in [7, 11) is -1.88. The van der Waals surface area contributed by atoms with E-state index in [1.807, 2.05) is 0 Å². The average molecular weight is 215 g/mol. The van der Waals surface area contributed by atoms with Gasteiger partial charge in [0.15, 0.2) is 0 Å². The van der Waals surface area contributed by atoms with Crippen molar-refractivity contribution >= 4 is 17.2 Å². The molecular weight excluding hydrogens is 190 g/mol. The number of hydrogen-bond acceptors (Lipinski definition) is 1. The average Bonchev–Trinajstić information content (AvgIpc) is 2.02. The number of hydrogen-bond donors (Lipinski definition) is 0. The van der Waals surface area contributed by atoms with Crippen LogP contribution in [-0.2, 0) is 0 Å². The predicted molar refractivity (Wildman–Crippen MR) is 68.2 cm³/mol. The molecule has 0 spiro atoms. The Kier molecular flexibility index (Phi) is 5.84. The molecule has 0 amide bonds. The molecule has 0 N–H and O–H groups in total. The quantitative estimate of drug-likeness (QED) is 0.616. The molecule has 0 aliphatic rings. The van der Waals surface area contributed by atoms with Gasteiger partial charge in [0.2, 0.25) is 0 Å². The summed E-state index contributed by atoms with van der Waals surface area (Å²) >= 11 is 0. The van der Waals surface area contributed by atoms with E-state index in [1.54, 1.807) is 0 Å². The van der Waals surface area contributed by atoms with E-state index in [0.717, 1.165) is 0 Å². The topological polar surface area (TPSA) is 3.24 Å². The lowest BCUT2D eigenvalue weighted by Crippen LogP contribution is -2.53. The van der Waals surface area contributed by atoms with Crippen LogP contribution in [0.4, 0.5) is 0 Å². The van der Waals surface area contributed by atoms with Crippen LogP contribution in [0.15, 0.2) is 12.3 Å². The van der Waals surface area contributed by atoms with Crippen LogP contribution < -0.4 is 0 Å². The molecule has 0 saturated heterocycles. The molecule has 0 aliphatic heterocycles. The van der Waals surface area contributed by atoms with Crippen molar-refractivity contribution < 1.29 is 0 Å². The van der Waals surface area contributed by atoms with Gasteiger partial charge in [0, 0.05) is 0 Å². The summed E-state index contributed by atoms with van der Waals surface area (Å²) in [4.78, 5) is 0. The van der Waals surface area contributed by atoms with E-state index in [1.165, 1.54) is 19.4 Å². The molecule has 0 aliphatic carbocycles. The van der Waals surface area contributed by atoms with Crippen LogP contribution in [0.2, 0.25) is 26.2 Å². The third kappa shape index (κ3) is 4.79. The van der Waals surface area contributed by atoms with Gasteiger partial charge < -0.3 is 4.23 Å². The summed E-state index contributed by atoms with van der Waals surface area (Å²) in [6.45, 7) is 17.2. The van der Waals surface area contributed by atoms with Crippen molar-refractivity contribution in [2.45, 2.75) is 46.0 Å². The zero-order valence-electron chi connectivity index (χ0n) is 9.93. The monoisotopic (exact) mass is 215 g/mol. The molecule has 0 heterocycles. The molecule has 1 atom stereocenters. The Morgan fingerprint density at radius 2 is 1.92 bits per heavy atom. The highest BCUT2D eigenvalue weighted by Crippen LogP contribution is 2.13. The molecule has 0 aromatic rings. The van der Waals surface area contributed by atoms with Gasteiger partial charge in [0.05, 0.1) is 0 Å². The maximum absolute atomic E-state index is 3.95. The molecule has 13 heavy (non-hydrogen) atoms. The summed E-state index contributed by atoms with van der Waals surface area (Å²) in [5.41, 5.74) is 2.20. The van der Waals surface area contributed by atoms with Gasteiger partial charge in [-0.25, -0.2) is 0 Å². The molecule has 1 nitrogen and oxygen atoms in total. The van der Waals surface area contributed by atoms with Crippen molar-refractivity contribution in [2.24, 2.45) is 0 Å². The zero-order valence-corrected chi connectivity index (χ0v) is 12.1. The summed E-state index contributed by atoms with van der Waals surface area (Å²) < 4.78 is 2.78. The lowest BCUT2D eigenvalue weighted by molar-refractivity contribution is 0.589. The van der Waals surface area contributed by atoms with E-state index in [-0.39, 0.29) is 0 Å². The second-order valence-corrected chi connectivity index (χ2v) is 12.7. The van der Waals surface area contributed by atoms with E-state index in [4.69, 9.17) is 0 Å². The molecule has 3 heteroatoms. The predicted octanol–water partition coefficient (Wildman–Crippen LogP) is 3.00. The van der Waals surface area contributed by atoms with Crippen LogP contribution >= 0.6 is 0 Å². The summed E-state index contributed by atoms with van der Waals surface area (Å²) in [6, 6.07) is 0. The first-order valence-electron chi connectivity index (χ1n) is 5.32. The molecular formula is C10H25NSi2. The Labute approximate surface area is 86.6 Å². The number of nitrogens with zero attached hydrogens (tertiary/aromatic N) is 1. The third-order valence-corrected chi connectivity index (χ3v) is 9.86. The third-order valence-electron chi connectivity index (χ3n) is 2.45. The fourth-order valence-electron chi connectivity index (χ4n) is 1.61. The Balaban J connectivity index is 4.27. The number of unbranched alkanes of at least 4 members (excludes halogenated alkanes) is 1. The van der Waals surface area contributed by atoms with Crippen LogP contribution in [0.5, 0.6) is 0 Å². The first kappa shape index (κ1) is 13.1. The first-order valence-corrected chi connectivity index (χ1v) is 11.1. The van der Waals surface area contributed by atoms with Crippen LogP contribution in [0, 0.1) is 0 Å². The van der Waals surface area contributed by atoms with Gasteiger partial charge in [-0.15, -0.1) is 6.58 Å². The Morgan fingerprint density at radius 1 is 1.38 bits per heavy atom. The SMILES string of the molecule is C=C[SiH](C)N(CCCC)[Si](C)(C)C. The van der Waals surface area contributed by atoms with Crippen LogP contribution in [-0.4, -0.2) is 28.0 Å². The lowest BCUT2D eigenvalue weighted by Gasteiger charge is -2.37. The van der Waals surface area contributed by atoms with Crippen molar-refractivity contribution in [2.75, 3.05) is 6.54 Å². The van der Waals surface area contributed by atoms with E-state index in [2.05, 4.69) is 49.6 Å². The summed E-state index contributed by atoms with van der Waals surface area (Å²) in [5, 5.41) is 0. The van der Waals surface area contributed by atoms with Gasteiger partial charge in [-0.05, 0) is 13.0 Å². The molecule has 0 bridgehead atoms. The highest BCUT2D eigenvalue weighted by molar-refractivity contribution is 6.84. The first-order chi connectivity index (χ1) is 5.93. The van der Waals surface area contributed by atoms with Gasteiger partial charge in [0.1, 0.15) is 17.2 Å². The fraction of sp³-hybridized carbons (Fsp3) is 0.800. The minimum atomic E-state index is -1.08. The van der Waals surface area contributed by atoms with Gasteiger partial charge >= 0.3 is 0 Å². The second kappa shape index (κ2) is 5.78. The molecule has 0 rings (SSSR count). The molecule has 0 saturated carbocycles. The van der Waals surface area contributed by atoms with E-state index in [0.29, 0.717) is 0 Å². The van der Waals surface area contributed by atoms with Crippen molar-refractivity contribution in [3.63, 3.8) is 0 Å². The Bertz CT molecular complexity index is 151. The molecule has 1 unspecified atom stereocenters. The van der Waals surface area contributed by atoms with Crippen LogP contribution in [0.3, 0.4) is 0 Å². The molecule has 0 fully saturated rings. The molecule has 0 aromatic carbocycles. The van der Waals surface area contributed by atoms with Crippen molar-refractivity contribution in [1.29, 1.82) is 0 Å². The molecule has 78 valence electrons. The number of rotatable bonds is 6.